The molecule has 17 heavy (non-hydrogen) atoms. The maximum Gasteiger partial charge on any atom is 0.409 e. The highest BCUT2D eigenvalue weighted by Gasteiger charge is 2.41. The van der Waals surface area contributed by atoms with Crippen LogP contribution in [-0.4, -0.2) is 25.1 Å². The number of ether oxygens (including phenoxy) is 2. The van der Waals surface area contributed by atoms with Gasteiger partial charge in [0.1, 0.15) is 0 Å². The third kappa shape index (κ3) is 3.03. The molecule has 0 fully saturated rings. The number of alkyl halides is 2. The summed E-state index contributed by atoms with van der Waals surface area (Å²) >= 11 is 11.8. The molecule has 1 aromatic rings. The average molecular weight is 278 g/mol. The van der Waals surface area contributed by atoms with E-state index in [2.05, 4.69) is 10.1 Å². The van der Waals surface area contributed by atoms with Crippen LogP contribution in [0, 0.1) is 0 Å². The van der Waals surface area contributed by atoms with Gasteiger partial charge in [0.15, 0.2) is 10.6 Å². The minimum Gasteiger partial charge on any atom is -0.453 e. The molecule has 6 heteroatoms. The zero-order valence-electron chi connectivity index (χ0n) is 9.44. The summed E-state index contributed by atoms with van der Waals surface area (Å²) in [4.78, 5) is 10.3. The molecule has 0 spiro atoms. The summed E-state index contributed by atoms with van der Waals surface area (Å²) in [6.45, 7) is 0. The molecule has 4 nitrogen and oxygen atoms in total. The first-order valence-electron chi connectivity index (χ1n) is 4.81. The van der Waals surface area contributed by atoms with E-state index in [4.69, 9.17) is 27.9 Å². The van der Waals surface area contributed by atoms with Crippen molar-refractivity contribution in [2.24, 2.45) is 0 Å². The summed E-state index contributed by atoms with van der Waals surface area (Å²) in [7, 11) is 2.65. The molecule has 1 aromatic carbocycles. The highest BCUT2D eigenvalue weighted by atomic mass is 35.5. The molecule has 0 aliphatic rings. The fourth-order valence-corrected chi connectivity index (χ4v) is 1.94. The number of alkyl carbamates (subject to hydrolysis) is 1. The van der Waals surface area contributed by atoms with Gasteiger partial charge in [0.2, 0.25) is 0 Å². The van der Waals surface area contributed by atoms with Crippen molar-refractivity contribution in [2.75, 3.05) is 14.2 Å². The van der Waals surface area contributed by atoms with Gasteiger partial charge < -0.3 is 9.47 Å². The number of carbonyl (C=O) groups is 1. The van der Waals surface area contributed by atoms with E-state index in [9.17, 15) is 4.79 Å². The van der Waals surface area contributed by atoms with Crippen molar-refractivity contribution in [1.82, 2.24) is 5.32 Å². The SMILES string of the molecule is COC(=O)NC(OC)(c1ccccc1)C(Cl)Cl. The lowest BCUT2D eigenvalue weighted by molar-refractivity contribution is -0.0300. The molecule has 0 saturated heterocycles. The van der Waals surface area contributed by atoms with E-state index in [1.165, 1.54) is 14.2 Å². The molecule has 1 rings (SSSR count). The molecule has 0 bridgehead atoms. The van der Waals surface area contributed by atoms with E-state index in [0.717, 1.165) is 0 Å². The van der Waals surface area contributed by atoms with Crippen molar-refractivity contribution in [1.29, 1.82) is 0 Å². The topological polar surface area (TPSA) is 47.6 Å². The van der Waals surface area contributed by atoms with Crippen LogP contribution in [0.1, 0.15) is 5.56 Å². The van der Waals surface area contributed by atoms with Crippen LogP contribution in [0.25, 0.3) is 0 Å². The Bertz CT molecular complexity index is 372. The first kappa shape index (κ1) is 14.1. The molecule has 0 aliphatic carbocycles. The van der Waals surface area contributed by atoms with E-state index < -0.39 is 16.7 Å². The smallest absolute Gasteiger partial charge is 0.409 e. The van der Waals surface area contributed by atoms with Gasteiger partial charge in [-0.3, -0.25) is 5.32 Å². The summed E-state index contributed by atoms with van der Waals surface area (Å²) in [6, 6.07) is 8.91. The highest BCUT2D eigenvalue weighted by Crippen LogP contribution is 2.32. The number of halogens is 2. The predicted molar refractivity (Wildman–Crippen MR) is 66.2 cm³/mol. The number of rotatable bonds is 4. The molecule has 0 aliphatic heterocycles. The molecule has 94 valence electrons. The van der Waals surface area contributed by atoms with Crippen molar-refractivity contribution in [3.63, 3.8) is 0 Å². The van der Waals surface area contributed by atoms with Crippen molar-refractivity contribution < 1.29 is 14.3 Å². The van der Waals surface area contributed by atoms with Gasteiger partial charge in [-0.1, -0.05) is 53.5 Å². The Morgan fingerprint density at radius 1 is 1.29 bits per heavy atom. The number of carbonyl (C=O) groups excluding carboxylic acids is 1. The summed E-state index contributed by atoms with van der Waals surface area (Å²) in [5.74, 6) is 0. The van der Waals surface area contributed by atoms with Gasteiger partial charge in [-0.25, -0.2) is 4.79 Å². The van der Waals surface area contributed by atoms with Gasteiger partial charge in [0, 0.05) is 12.7 Å². The molecule has 0 saturated carbocycles. The minimum atomic E-state index is -1.34. The molecule has 1 amide bonds. The van der Waals surface area contributed by atoms with Crippen molar-refractivity contribution in [3.05, 3.63) is 35.9 Å². The average Bonchev–Trinajstić information content (AvgIpc) is 2.36. The lowest BCUT2D eigenvalue weighted by Crippen LogP contribution is -2.52. The fourth-order valence-electron chi connectivity index (χ4n) is 1.40. The molecular formula is C11H13Cl2NO3. The molecule has 0 heterocycles. The van der Waals surface area contributed by atoms with Crippen LogP contribution in [0.5, 0.6) is 0 Å². The first-order chi connectivity index (χ1) is 8.06. The lowest BCUT2D eigenvalue weighted by Gasteiger charge is -2.34. The van der Waals surface area contributed by atoms with Gasteiger partial charge in [0.05, 0.1) is 7.11 Å². The van der Waals surface area contributed by atoms with E-state index in [1.54, 1.807) is 24.3 Å². The van der Waals surface area contributed by atoms with Crippen molar-refractivity contribution in [3.8, 4) is 0 Å². The molecule has 1 atom stereocenters. The predicted octanol–water partition coefficient (Wildman–Crippen LogP) is 2.65. The Labute approximate surface area is 110 Å². The van der Waals surface area contributed by atoms with E-state index in [1.807, 2.05) is 6.07 Å². The Balaban J connectivity index is 3.13. The maximum atomic E-state index is 11.3. The van der Waals surface area contributed by atoms with Crippen molar-refractivity contribution >= 4 is 29.3 Å². The molecule has 1 unspecified atom stereocenters. The van der Waals surface area contributed by atoms with Gasteiger partial charge in [-0.15, -0.1) is 0 Å². The van der Waals surface area contributed by atoms with E-state index in [0.29, 0.717) is 5.56 Å². The Hall–Kier alpha value is -0.970. The van der Waals surface area contributed by atoms with Gasteiger partial charge in [-0.2, -0.15) is 0 Å². The first-order valence-corrected chi connectivity index (χ1v) is 5.69. The third-order valence-electron chi connectivity index (χ3n) is 2.31. The van der Waals surface area contributed by atoms with Crippen LogP contribution in [-0.2, 0) is 15.2 Å². The number of hydrogen-bond acceptors (Lipinski definition) is 3. The third-order valence-corrected chi connectivity index (χ3v) is 2.92. The fraction of sp³-hybridized carbons (Fsp3) is 0.364. The highest BCUT2D eigenvalue weighted by molar-refractivity contribution is 6.45. The number of hydrogen-bond donors (Lipinski definition) is 1. The second-order valence-corrected chi connectivity index (χ2v) is 4.32. The van der Waals surface area contributed by atoms with Crippen LogP contribution in [0.2, 0.25) is 0 Å². The van der Waals surface area contributed by atoms with E-state index >= 15 is 0 Å². The molecular weight excluding hydrogens is 265 g/mol. The van der Waals surface area contributed by atoms with E-state index in [-0.39, 0.29) is 0 Å². The van der Waals surface area contributed by atoms with Gasteiger partial charge >= 0.3 is 6.09 Å². The van der Waals surface area contributed by atoms with Gasteiger partial charge in [0.25, 0.3) is 0 Å². The summed E-state index contributed by atoms with van der Waals surface area (Å²) < 4.78 is 9.81. The zero-order valence-corrected chi connectivity index (χ0v) is 11.0. The largest absolute Gasteiger partial charge is 0.453 e. The number of nitrogens with one attached hydrogen (secondary N) is 1. The van der Waals surface area contributed by atoms with Crippen LogP contribution in [0.4, 0.5) is 4.79 Å². The molecule has 1 N–H and O–H groups in total. The Kier molecular flexibility index (Phi) is 5.05. The normalized spacial score (nSPS) is 14.2. The Morgan fingerprint density at radius 3 is 2.29 bits per heavy atom. The second kappa shape index (κ2) is 6.10. The van der Waals surface area contributed by atoms with Gasteiger partial charge in [-0.05, 0) is 0 Å². The summed E-state index contributed by atoms with van der Waals surface area (Å²) in [5.41, 5.74) is -0.708. The number of methoxy groups -OCH3 is 2. The standard InChI is InChI=1S/C11H13Cl2NO3/c1-16-10(15)14-11(17-2,9(12)13)8-6-4-3-5-7-8/h3-7,9H,1-2H3,(H,14,15). The Morgan fingerprint density at radius 2 is 1.88 bits per heavy atom. The second-order valence-electron chi connectivity index (χ2n) is 3.22. The quantitative estimate of drug-likeness (QED) is 0.680. The minimum absolute atomic E-state index is 0.628. The summed E-state index contributed by atoms with van der Waals surface area (Å²) in [5, 5.41) is 2.50. The van der Waals surface area contributed by atoms with Crippen LogP contribution >= 0.6 is 23.2 Å². The van der Waals surface area contributed by atoms with Crippen LogP contribution < -0.4 is 5.32 Å². The monoisotopic (exact) mass is 277 g/mol. The van der Waals surface area contributed by atoms with Crippen LogP contribution in [0.15, 0.2) is 30.3 Å². The number of amides is 1. The lowest BCUT2D eigenvalue weighted by atomic mass is 10.0. The summed E-state index contributed by atoms with van der Waals surface area (Å²) in [6.07, 6.45) is -0.679. The molecule has 0 aromatic heterocycles. The maximum absolute atomic E-state index is 11.3. The zero-order chi connectivity index (χ0) is 12.9. The van der Waals surface area contributed by atoms with Crippen molar-refractivity contribution in [2.45, 2.75) is 10.6 Å². The number of benzene rings is 1. The van der Waals surface area contributed by atoms with Crippen LogP contribution in [0.3, 0.4) is 0 Å². The molecule has 0 radical (unpaired) electrons.